The molecule has 0 saturated heterocycles. The van der Waals surface area contributed by atoms with E-state index in [9.17, 15) is 0 Å². The maximum Gasteiger partial charge on any atom is 0.414 e. The standard InChI is InChI=1S/C15H15NO2.C2H2O4/c1-2-4-12(5-3-1)9-16-10-13-6-7-14-15(8-13)18-11-17-14;3-1(4)2(5)6/h1-8,16H,9-11H2;(H,3,4)(H,5,6). The molecule has 24 heavy (non-hydrogen) atoms. The van der Waals surface area contributed by atoms with E-state index in [-0.39, 0.29) is 0 Å². The number of benzene rings is 2. The highest BCUT2D eigenvalue weighted by molar-refractivity contribution is 6.27. The Bertz CT molecular complexity index is 689. The molecule has 0 aromatic heterocycles. The average Bonchev–Trinajstić information content (AvgIpc) is 3.04. The molecular weight excluding hydrogens is 314 g/mol. The Balaban J connectivity index is 0.000000301. The number of carboxylic acids is 2. The van der Waals surface area contributed by atoms with Gasteiger partial charge in [-0.3, -0.25) is 0 Å². The van der Waals surface area contributed by atoms with Gasteiger partial charge in [-0.15, -0.1) is 0 Å². The first-order valence-electron chi connectivity index (χ1n) is 7.15. The van der Waals surface area contributed by atoms with E-state index < -0.39 is 11.9 Å². The molecule has 7 heteroatoms. The molecule has 3 N–H and O–H groups in total. The van der Waals surface area contributed by atoms with Crippen LogP contribution in [0, 0.1) is 0 Å². The van der Waals surface area contributed by atoms with Crippen LogP contribution in [0.15, 0.2) is 48.5 Å². The molecule has 1 aliphatic rings. The van der Waals surface area contributed by atoms with Crippen LogP contribution in [-0.2, 0) is 22.7 Å². The van der Waals surface area contributed by atoms with E-state index in [1.165, 1.54) is 11.1 Å². The Morgan fingerprint density at radius 2 is 1.50 bits per heavy atom. The van der Waals surface area contributed by atoms with Crippen molar-refractivity contribution in [2.24, 2.45) is 0 Å². The predicted octanol–water partition coefficient (Wildman–Crippen LogP) is 1.86. The molecule has 3 rings (SSSR count). The van der Waals surface area contributed by atoms with Gasteiger partial charge in [0.2, 0.25) is 6.79 Å². The van der Waals surface area contributed by atoms with Gasteiger partial charge in [-0.05, 0) is 23.3 Å². The largest absolute Gasteiger partial charge is 0.473 e. The van der Waals surface area contributed by atoms with Gasteiger partial charge in [0.25, 0.3) is 0 Å². The Morgan fingerprint density at radius 1 is 0.875 bits per heavy atom. The van der Waals surface area contributed by atoms with E-state index in [2.05, 4.69) is 35.6 Å². The topological polar surface area (TPSA) is 105 Å². The van der Waals surface area contributed by atoms with Crippen LogP contribution in [0.4, 0.5) is 0 Å². The van der Waals surface area contributed by atoms with E-state index in [0.717, 1.165) is 24.6 Å². The molecule has 0 atom stereocenters. The fraction of sp³-hybridized carbons (Fsp3) is 0.176. The molecule has 0 amide bonds. The van der Waals surface area contributed by atoms with Crippen LogP contribution in [0.5, 0.6) is 11.5 Å². The lowest BCUT2D eigenvalue weighted by Gasteiger charge is -2.06. The predicted molar refractivity (Wildman–Crippen MR) is 84.8 cm³/mol. The quantitative estimate of drug-likeness (QED) is 0.734. The van der Waals surface area contributed by atoms with Crippen LogP contribution in [0.3, 0.4) is 0 Å². The van der Waals surface area contributed by atoms with Crippen molar-refractivity contribution >= 4 is 11.9 Å². The zero-order valence-electron chi connectivity index (χ0n) is 12.8. The van der Waals surface area contributed by atoms with Crippen LogP contribution < -0.4 is 14.8 Å². The zero-order chi connectivity index (χ0) is 17.4. The Hall–Kier alpha value is -3.06. The lowest BCUT2D eigenvalue weighted by Crippen LogP contribution is -2.12. The lowest BCUT2D eigenvalue weighted by molar-refractivity contribution is -0.159. The number of ether oxygens (including phenoxy) is 2. The van der Waals surface area contributed by atoms with Crippen molar-refractivity contribution in [3.05, 3.63) is 59.7 Å². The first-order valence-corrected chi connectivity index (χ1v) is 7.15. The number of carbonyl (C=O) groups is 2. The summed E-state index contributed by atoms with van der Waals surface area (Å²) < 4.78 is 10.6. The number of fused-ring (bicyclic) bond motifs is 1. The van der Waals surface area contributed by atoms with Gasteiger partial charge in [0.05, 0.1) is 0 Å². The molecule has 2 aromatic rings. The summed E-state index contributed by atoms with van der Waals surface area (Å²) in [6.45, 7) is 2.02. The third-order valence-electron chi connectivity index (χ3n) is 3.12. The first-order chi connectivity index (χ1) is 11.6. The summed E-state index contributed by atoms with van der Waals surface area (Å²) in [5.41, 5.74) is 2.49. The molecule has 0 aliphatic carbocycles. The molecule has 2 aromatic carbocycles. The minimum Gasteiger partial charge on any atom is -0.473 e. The maximum absolute atomic E-state index is 9.10. The van der Waals surface area contributed by atoms with Gasteiger partial charge in [-0.25, -0.2) is 9.59 Å². The Morgan fingerprint density at radius 3 is 2.17 bits per heavy atom. The van der Waals surface area contributed by atoms with Crippen molar-refractivity contribution in [2.75, 3.05) is 6.79 Å². The van der Waals surface area contributed by atoms with Gasteiger partial charge in [0.15, 0.2) is 11.5 Å². The van der Waals surface area contributed by atoms with E-state index in [1.807, 2.05) is 18.2 Å². The van der Waals surface area contributed by atoms with Gasteiger partial charge in [-0.2, -0.15) is 0 Å². The Kier molecular flexibility index (Phi) is 6.16. The third-order valence-corrected chi connectivity index (χ3v) is 3.12. The van der Waals surface area contributed by atoms with Crippen molar-refractivity contribution in [1.29, 1.82) is 0 Å². The summed E-state index contributed by atoms with van der Waals surface area (Å²) >= 11 is 0. The minimum absolute atomic E-state index is 0.330. The van der Waals surface area contributed by atoms with Crippen LogP contribution in [0.2, 0.25) is 0 Å². The number of aliphatic carboxylic acids is 2. The van der Waals surface area contributed by atoms with Gasteiger partial charge in [0.1, 0.15) is 0 Å². The number of hydrogen-bond donors (Lipinski definition) is 3. The summed E-state index contributed by atoms with van der Waals surface area (Å²) in [5.74, 6) is -1.97. The fourth-order valence-corrected chi connectivity index (χ4v) is 2.00. The molecule has 0 radical (unpaired) electrons. The van der Waals surface area contributed by atoms with Gasteiger partial charge in [0, 0.05) is 13.1 Å². The molecular formula is C17H17NO6. The monoisotopic (exact) mass is 331 g/mol. The van der Waals surface area contributed by atoms with Crippen molar-refractivity contribution < 1.29 is 29.3 Å². The van der Waals surface area contributed by atoms with E-state index in [4.69, 9.17) is 29.3 Å². The highest BCUT2D eigenvalue weighted by Gasteiger charge is 2.12. The molecule has 0 saturated carbocycles. The second kappa shape index (κ2) is 8.54. The third kappa shape index (κ3) is 5.29. The summed E-state index contributed by atoms with van der Waals surface area (Å²) in [7, 11) is 0. The van der Waals surface area contributed by atoms with Crippen molar-refractivity contribution in [3.63, 3.8) is 0 Å². The van der Waals surface area contributed by atoms with Gasteiger partial charge in [-0.1, -0.05) is 36.4 Å². The van der Waals surface area contributed by atoms with Crippen molar-refractivity contribution in [1.82, 2.24) is 5.32 Å². The molecule has 0 spiro atoms. The van der Waals surface area contributed by atoms with Crippen molar-refractivity contribution in [3.8, 4) is 11.5 Å². The molecule has 0 bridgehead atoms. The highest BCUT2D eigenvalue weighted by Crippen LogP contribution is 2.32. The normalized spacial score (nSPS) is 11.3. The molecule has 0 fully saturated rings. The average molecular weight is 331 g/mol. The SMILES string of the molecule is O=C(O)C(=O)O.c1ccc(CNCc2ccc3c(c2)OCO3)cc1. The summed E-state index contributed by atoms with van der Waals surface area (Å²) in [6, 6.07) is 16.4. The van der Waals surface area contributed by atoms with Crippen LogP contribution in [0.1, 0.15) is 11.1 Å². The van der Waals surface area contributed by atoms with Crippen molar-refractivity contribution in [2.45, 2.75) is 13.1 Å². The second-order valence-corrected chi connectivity index (χ2v) is 4.89. The number of nitrogens with one attached hydrogen (secondary N) is 1. The molecule has 1 heterocycles. The van der Waals surface area contributed by atoms with Crippen LogP contribution in [0.25, 0.3) is 0 Å². The van der Waals surface area contributed by atoms with Gasteiger partial charge < -0.3 is 25.0 Å². The smallest absolute Gasteiger partial charge is 0.414 e. The number of rotatable bonds is 4. The summed E-state index contributed by atoms with van der Waals surface area (Å²) in [4.78, 5) is 18.2. The highest BCUT2D eigenvalue weighted by atomic mass is 16.7. The summed E-state index contributed by atoms with van der Waals surface area (Å²) in [6.07, 6.45) is 0. The van der Waals surface area contributed by atoms with Crippen LogP contribution in [-0.4, -0.2) is 28.9 Å². The van der Waals surface area contributed by atoms with Crippen LogP contribution >= 0.6 is 0 Å². The zero-order valence-corrected chi connectivity index (χ0v) is 12.8. The first kappa shape index (κ1) is 17.3. The second-order valence-electron chi connectivity index (χ2n) is 4.89. The molecule has 7 nitrogen and oxygen atoms in total. The maximum atomic E-state index is 9.10. The summed E-state index contributed by atoms with van der Waals surface area (Å²) in [5, 5.41) is 18.2. The Labute approximate surface area is 138 Å². The molecule has 0 unspecified atom stereocenters. The molecule has 126 valence electrons. The number of hydrogen-bond acceptors (Lipinski definition) is 5. The fourth-order valence-electron chi connectivity index (χ4n) is 2.00. The minimum atomic E-state index is -1.82. The van der Waals surface area contributed by atoms with E-state index >= 15 is 0 Å². The molecule has 1 aliphatic heterocycles. The number of carboxylic acid groups (broad SMARTS) is 2. The lowest BCUT2D eigenvalue weighted by atomic mass is 10.2. The van der Waals surface area contributed by atoms with E-state index in [0.29, 0.717) is 6.79 Å². The van der Waals surface area contributed by atoms with E-state index in [1.54, 1.807) is 0 Å². The van der Waals surface area contributed by atoms with Gasteiger partial charge >= 0.3 is 11.9 Å².